The van der Waals surface area contributed by atoms with Crippen LogP contribution in [0.15, 0.2) is 42.7 Å². The van der Waals surface area contributed by atoms with E-state index in [-0.39, 0.29) is 0 Å². The van der Waals surface area contributed by atoms with Crippen molar-refractivity contribution in [3.8, 4) is 11.6 Å². The van der Waals surface area contributed by atoms with E-state index in [0.717, 1.165) is 11.3 Å². The van der Waals surface area contributed by atoms with Gasteiger partial charge in [0.2, 0.25) is 5.95 Å². The van der Waals surface area contributed by atoms with Crippen molar-refractivity contribution in [2.75, 3.05) is 19.0 Å². The average molecular weight is 367 g/mol. The maximum atomic E-state index is 12.0. The minimum Gasteiger partial charge on any atom is -0.497 e. The number of benzene rings is 1. The van der Waals surface area contributed by atoms with Gasteiger partial charge in [0.25, 0.3) is 0 Å². The smallest absolute Gasteiger partial charge is 0.341 e. The lowest BCUT2D eigenvalue weighted by atomic mass is 10.2. The van der Waals surface area contributed by atoms with Gasteiger partial charge in [0, 0.05) is 18.8 Å². The van der Waals surface area contributed by atoms with E-state index in [0.29, 0.717) is 36.2 Å². The number of nitrogens with one attached hydrogen (secondary N) is 1. The van der Waals surface area contributed by atoms with Crippen LogP contribution in [0.3, 0.4) is 0 Å². The number of hydrogen-bond acceptors (Lipinski definition) is 7. The Labute approximate surface area is 157 Å². The third kappa shape index (κ3) is 4.22. The van der Waals surface area contributed by atoms with Gasteiger partial charge in [0.05, 0.1) is 25.6 Å². The maximum absolute atomic E-state index is 12.0. The van der Waals surface area contributed by atoms with Gasteiger partial charge in [-0.15, -0.1) is 0 Å². The molecule has 140 valence electrons. The van der Waals surface area contributed by atoms with Crippen LogP contribution in [0.1, 0.15) is 28.5 Å². The van der Waals surface area contributed by atoms with E-state index >= 15 is 0 Å². The molecule has 8 heteroatoms. The minimum absolute atomic E-state index is 0.316. The molecule has 1 aromatic carbocycles. The van der Waals surface area contributed by atoms with Crippen molar-refractivity contribution >= 4 is 11.9 Å². The lowest BCUT2D eigenvalue weighted by Gasteiger charge is -2.08. The first-order valence-electron chi connectivity index (χ1n) is 8.54. The molecule has 0 radical (unpaired) electrons. The van der Waals surface area contributed by atoms with Gasteiger partial charge in [-0.1, -0.05) is 12.1 Å². The van der Waals surface area contributed by atoms with Crippen LogP contribution in [-0.2, 0) is 11.3 Å². The predicted octanol–water partition coefficient (Wildman–Crippen LogP) is 2.77. The SMILES string of the molecule is CCOC(=O)c1cnn(-c2ccnc(NCc3ccc(OC)cc3)n2)c1C. The van der Waals surface area contributed by atoms with Crippen LogP contribution in [-0.4, -0.2) is 39.4 Å². The standard InChI is InChI=1S/C19H21N5O3/c1-4-27-18(25)16-12-22-24(13(16)2)17-9-10-20-19(23-17)21-11-14-5-7-15(26-3)8-6-14/h5-10,12H,4,11H2,1-3H3,(H,20,21,23). The van der Waals surface area contributed by atoms with Gasteiger partial charge in [0.1, 0.15) is 11.3 Å². The van der Waals surface area contributed by atoms with Crippen LogP contribution < -0.4 is 10.1 Å². The predicted molar refractivity (Wildman–Crippen MR) is 100 cm³/mol. The molecule has 3 rings (SSSR count). The number of aromatic nitrogens is 4. The van der Waals surface area contributed by atoms with Gasteiger partial charge in [-0.3, -0.25) is 0 Å². The Bertz CT molecular complexity index is 921. The van der Waals surface area contributed by atoms with Crippen molar-refractivity contribution in [1.29, 1.82) is 0 Å². The Kier molecular flexibility index (Phi) is 5.65. The Balaban J connectivity index is 1.74. The summed E-state index contributed by atoms with van der Waals surface area (Å²) in [6.45, 7) is 4.45. The first kappa shape index (κ1) is 18.4. The quantitative estimate of drug-likeness (QED) is 0.642. The highest BCUT2D eigenvalue weighted by molar-refractivity contribution is 5.90. The lowest BCUT2D eigenvalue weighted by molar-refractivity contribution is 0.0525. The number of carbonyl (C=O) groups excluding carboxylic acids is 1. The highest BCUT2D eigenvalue weighted by atomic mass is 16.5. The molecule has 1 N–H and O–H groups in total. The molecular formula is C19H21N5O3. The van der Waals surface area contributed by atoms with E-state index in [9.17, 15) is 4.79 Å². The molecule has 0 fully saturated rings. The molecule has 0 amide bonds. The van der Waals surface area contributed by atoms with Crippen LogP contribution in [0.2, 0.25) is 0 Å². The number of ether oxygens (including phenoxy) is 2. The summed E-state index contributed by atoms with van der Waals surface area (Å²) in [4.78, 5) is 20.7. The third-order valence-electron chi connectivity index (χ3n) is 3.97. The zero-order valence-electron chi connectivity index (χ0n) is 15.5. The summed E-state index contributed by atoms with van der Waals surface area (Å²) in [7, 11) is 1.64. The molecular weight excluding hydrogens is 346 g/mol. The molecule has 0 atom stereocenters. The third-order valence-corrected chi connectivity index (χ3v) is 3.97. The van der Waals surface area contributed by atoms with Crippen molar-refractivity contribution in [3.63, 3.8) is 0 Å². The first-order valence-corrected chi connectivity index (χ1v) is 8.54. The van der Waals surface area contributed by atoms with Crippen molar-refractivity contribution in [2.45, 2.75) is 20.4 Å². The second kappa shape index (κ2) is 8.31. The molecule has 0 saturated carbocycles. The number of carbonyl (C=O) groups is 1. The fraction of sp³-hybridized carbons (Fsp3) is 0.263. The molecule has 3 aromatic rings. The van der Waals surface area contributed by atoms with Crippen molar-refractivity contribution in [1.82, 2.24) is 19.7 Å². The van der Waals surface area contributed by atoms with Gasteiger partial charge in [-0.25, -0.2) is 14.5 Å². The molecule has 0 saturated heterocycles. The zero-order valence-corrected chi connectivity index (χ0v) is 15.5. The van der Waals surface area contributed by atoms with Crippen LogP contribution in [0.25, 0.3) is 5.82 Å². The largest absolute Gasteiger partial charge is 0.497 e. The van der Waals surface area contributed by atoms with E-state index in [4.69, 9.17) is 9.47 Å². The molecule has 8 nitrogen and oxygen atoms in total. The molecule has 0 unspecified atom stereocenters. The maximum Gasteiger partial charge on any atom is 0.341 e. The van der Waals surface area contributed by atoms with E-state index in [2.05, 4.69) is 20.4 Å². The van der Waals surface area contributed by atoms with E-state index < -0.39 is 5.97 Å². The van der Waals surface area contributed by atoms with Crippen LogP contribution in [0.5, 0.6) is 5.75 Å². The first-order chi connectivity index (χ1) is 13.1. The Morgan fingerprint density at radius 3 is 2.70 bits per heavy atom. The summed E-state index contributed by atoms with van der Waals surface area (Å²) in [5.74, 6) is 1.45. The number of hydrogen-bond donors (Lipinski definition) is 1. The number of methoxy groups -OCH3 is 1. The number of anilines is 1. The van der Waals surface area contributed by atoms with Gasteiger partial charge in [0.15, 0.2) is 5.82 Å². The zero-order chi connectivity index (χ0) is 19.2. The molecule has 0 aliphatic carbocycles. The van der Waals surface area contributed by atoms with E-state index in [1.54, 1.807) is 37.9 Å². The van der Waals surface area contributed by atoms with Crippen LogP contribution >= 0.6 is 0 Å². The Morgan fingerprint density at radius 1 is 1.22 bits per heavy atom. The van der Waals surface area contributed by atoms with E-state index in [1.807, 2.05) is 24.3 Å². The van der Waals surface area contributed by atoms with Gasteiger partial charge in [-0.2, -0.15) is 10.1 Å². The summed E-state index contributed by atoms with van der Waals surface area (Å²) >= 11 is 0. The minimum atomic E-state index is -0.395. The molecule has 0 aliphatic heterocycles. The summed E-state index contributed by atoms with van der Waals surface area (Å²) in [6.07, 6.45) is 3.13. The van der Waals surface area contributed by atoms with E-state index in [1.165, 1.54) is 6.20 Å². The molecule has 0 aliphatic rings. The molecule has 27 heavy (non-hydrogen) atoms. The van der Waals surface area contributed by atoms with Crippen LogP contribution in [0, 0.1) is 6.92 Å². The Hall–Kier alpha value is -3.42. The monoisotopic (exact) mass is 367 g/mol. The number of esters is 1. The highest BCUT2D eigenvalue weighted by Crippen LogP contribution is 2.15. The molecule has 2 aromatic heterocycles. The van der Waals surface area contributed by atoms with Crippen molar-refractivity contribution in [2.24, 2.45) is 0 Å². The fourth-order valence-electron chi connectivity index (χ4n) is 2.53. The van der Waals surface area contributed by atoms with Crippen LogP contribution in [0.4, 0.5) is 5.95 Å². The second-order valence-corrected chi connectivity index (χ2v) is 5.72. The van der Waals surface area contributed by atoms with Gasteiger partial charge < -0.3 is 14.8 Å². The highest BCUT2D eigenvalue weighted by Gasteiger charge is 2.16. The van der Waals surface area contributed by atoms with Crippen molar-refractivity contribution < 1.29 is 14.3 Å². The molecule has 2 heterocycles. The summed E-state index contributed by atoms with van der Waals surface area (Å²) < 4.78 is 11.8. The topological polar surface area (TPSA) is 91.2 Å². The van der Waals surface area contributed by atoms with Gasteiger partial charge >= 0.3 is 5.97 Å². The lowest BCUT2D eigenvalue weighted by Crippen LogP contribution is -2.09. The molecule has 0 bridgehead atoms. The van der Waals surface area contributed by atoms with Gasteiger partial charge in [-0.05, 0) is 31.5 Å². The summed E-state index contributed by atoms with van der Waals surface area (Å²) in [6, 6.07) is 9.47. The van der Waals surface area contributed by atoms with Crippen molar-refractivity contribution in [3.05, 3.63) is 59.5 Å². The Morgan fingerprint density at radius 2 is 2.00 bits per heavy atom. The molecule has 0 spiro atoms. The normalized spacial score (nSPS) is 10.5. The number of rotatable bonds is 7. The fourth-order valence-corrected chi connectivity index (χ4v) is 2.53. The summed E-state index contributed by atoms with van der Waals surface area (Å²) in [5, 5.41) is 7.43. The average Bonchev–Trinajstić information content (AvgIpc) is 3.08. The second-order valence-electron chi connectivity index (χ2n) is 5.72. The number of nitrogens with zero attached hydrogens (tertiary/aromatic N) is 4. The summed E-state index contributed by atoms with van der Waals surface area (Å²) in [5.41, 5.74) is 2.15.